The van der Waals surface area contributed by atoms with Crippen molar-refractivity contribution in [3.05, 3.63) is 79.9 Å². The second-order valence-electron chi connectivity index (χ2n) is 4.70. The van der Waals surface area contributed by atoms with Gasteiger partial charge >= 0.3 is 5.97 Å². The zero-order chi connectivity index (χ0) is 16.4. The number of nitro groups is 1. The SMILES string of the molecule is O=C1OC(c2ccc(Br)cc2)=N/C1=C/c1cccc([N+](=O)[O-])c1. The van der Waals surface area contributed by atoms with Gasteiger partial charge in [0.25, 0.3) is 5.69 Å². The monoisotopic (exact) mass is 372 g/mol. The van der Waals surface area contributed by atoms with Crippen LogP contribution in [0.4, 0.5) is 5.69 Å². The molecule has 0 saturated heterocycles. The number of carbonyl (C=O) groups is 1. The molecule has 0 aromatic heterocycles. The van der Waals surface area contributed by atoms with Crippen LogP contribution in [0, 0.1) is 10.1 Å². The zero-order valence-corrected chi connectivity index (χ0v) is 13.2. The second kappa shape index (κ2) is 6.13. The Labute approximate surface area is 139 Å². The molecule has 7 heteroatoms. The highest BCUT2D eigenvalue weighted by Crippen LogP contribution is 2.22. The largest absolute Gasteiger partial charge is 0.402 e. The number of nitrogens with zero attached hydrogens (tertiary/aromatic N) is 2. The minimum Gasteiger partial charge on any atom is -0.402 e. The van der Waals surface area contributed by atoms with Crippen LogP contribution in [0.5, 0.6) is 0 Å². The molecule has 0 saturated carbocycles. The first kappa shape index (κ1) is 15.1. The molecule has 0 fully saturated rings. The van der Waals surface area contributed by atoms with E-state index in [2.05, 4.69) is 20.9 Å². The number of hydrogen-bond donors (Lipinski definition) is 0. The third-order valence-electron chi connectivity index (χ3n) is 3.10. The van der Waals surface area contributed by atoms with Gasteiger partial charge in [0.05, 0.1) is 4.92 Å². The number of aliphatic imine (C=N–C) groups is 1. The standard InChI is InChI=1S/C16H9BrN2O4/c17-12-6-4-11(5-7-12)15-18-14(16(20)23-15)9-10-2-1-3-13(8-10)19(21)22/h1-9H/b14-9+. The van der Waals surface area contributed by atoms with E-state index in [9.17, 15) is 14.9 Å². The number of esters is 1. The predicted octanol–water partition coefficient (Wildman–Crippen LogP) is 3.70. The molecule has 1 aliphatic heterocycles. The summed E-state index contributed by atoms with van der Waals surface area (Å²) >= 11 is 3.33. The minimum absolute atomic E-state index is 0.0529. The van der Waals surface area contributed by atoms with Crippen LogP contribution in [0.1, 0.15) is 11.1 Å². The van der Waals surface area contributed by atoms with Gasteiger partial charge in [-0.05, 0) is 35.9 Å². The molecule has 0 aliphatic carbocycles. The van der Waals surface area contributed by atoms with Crippen molar-refractivity contribution in [3.63, 3.8) is 0 Å². The van der Waals surface area contributed by atoms with Gasteiger partial charge in [0, 0.05) is 22.2 Å². The van der Waals surface area contributed by atoms with E-state index in [0.717, 1.165) is 4.47 Å². The van der Waals surface area contributed by atoms with Crippen molar-refractivity contribution in [1.82, 2.24) is 0 Å². The van der Waals surface area contributed by atoms with E-state index in [1.165, 1.54) is 18.2 Å². The number of cyclic esters (lactones) is 1. The maximum atomic E-state index is 11.9. The molecule has 3 rings (SSSR count). The van der Waals surface area contributed by atoms with Crippen molar-refractivity contribution >= 4 is 39.6 Å². The van der Waals surface area contributed by atoms with Crippen molar-refractivity contribution in [3.8, 4) is 0 Å². The summed E-state index contributed by atoms with van der Waals surface area (Å²) in [6.07, 6.45) is 1.46. The smallest absolute Gasteiger partial charge is 0.363 e. The number of ether oxygens (including phenoxy) is 1. The average Bonchev–Trinajstić information content (AvgIpc) is 2.89. The minimum atomic E-state index is -0.588. The van der Waals surface area contributed by atoms with Gasteiger partial charge in [-0.3, -0.25) is 10.1 Å². The van der Waals surface area contributed by atoms with Crippen molar-refractivity contribution in [2.75, 3.05) is 0 Å². The summed E-state index contributed by atoms with van der Waals surface area (Å²) in [5.74, 6) is -0.381. The Morgan fingerprint density at radius 3 is 2.61 bits per heavy atom. The number of hydrogen-bond acceptors (Lipinski definition) is 5. The molecule has 114 valence electrons. The highest BCUT2D eigenvalue weighted by molar-refractivity contribution is 9.10. The van der Waals surface area contributed by atoms with Crippen LogP contribution < -0.4 is 0 Å². The van der Waals surface area contributed by atoms with Crippen molar-refractivity contribution in [2.24, 2.45) is 4.99 Å². The van der Waals surface area contributed by atoms with E-state index < -0.39 is 10.9 Å². The Hall–Kier alpha value is -2.80. The van der Waals surface area contributed by atoms with Crippen LogP contribution in [0.2, 0.25) is 0 Å². The molecule has 0 radical (unpaired) electrons. The van der Waals surface area contributed by atoms with Crippen molar-refractivity contribution in [1.29, 1.82) is 0 Å². The number of halogens is 1. The molecule has 0 amide bonds. The molecular formula is C16H9BrN2O4. The third kappa shape index (κ3) is 3.35. The van der Waals surface area contributed by atoms with Crippen LogP contribution in [0.3, 0.4) is 0 Å². The van der Waals surface area contributed by atoms with Gasteiger partial charge in [-0.15, -0.1) is 0 Å². The van der Waals surface area contributed by atoms with Crippen LogP contribution >= 0.6 is 15.9 Å². The molecular weight excluding hydrogens is 364 g/mol. The number of rotatable bonds is 3. The highest BCUT2D eigenvalue weighted by atomic mass is 79.9. The summed E-state index contributed by atoms with van der Waals surface area (Å²) in [6, 6.07) is 13.1. The summed E-state index contributed by atoms with van der Waals surface area (Å²) < 4.78 is 6.04. The molecule has 2 aromatic rings. The maximum Gasteiger partial charge on any atom is 0.363 e. The lowest BCUT2D eigenvalue weighted by atomic mass is 10.1. The Morgan fingerprint density at radius 1 is 1.17 bits per heavy atom. The lowest BCUT2D eigenvalue weighted by Crippen LogP contribution is -2.05. The summed E-state index contributed by atoms with van der Waals surface area (Å²) in [7, 11) is 0. The molecule has 1 heterocycles. The molecule has 6 nitrogen and oxygen atoms in total. The Morgan fingerprint density at radius 2 is 1.91 bits per heavy atom. The maximum absolute atomic E-state index is 11.9. The van der Waals surface area contributed by atoms with Crippen LogP contribution in [0.15, 0.2) is 63.7 Å². The van der Waals surface area contributed by atoms with Gasteiger partial charge in [-0.1, -0.05) is 28.1 Å². The number of carbonyl (C=O) groups excluding carboxylic acids is 1. The zero-order valence-electron chi connectivity index (χ0n) is 11.6. The van der Waals surface area contributed by atoms with E-state index in [-0.39, 0.29) is 17.3 Å². The average molecular weight is 373 g/mol. The Kier molecular flexibility index (Phi) is 4.03. The molecule has 2 aromatic carbocycles. The summed E-state index contributed by atoms with van der Waals surface area (Å²) in [5, 5.41) is 10.8. The van der Waals surface area contributed by atoms with Crippen molar-refractivity contribution in [2.45, 2.75) is 0 Å². The van der Waals surface area contributed by atoms with E-state index in [0.29, 0.717) is 11.1 Å². The predicted molar refractivity (Wildman–Crippen MR) is 87.8 cm³/mol. The summed E-state index contributed by atoms with van der Waals surface area (Å²) in [6.45, 7) is 0. The second-order valence-corrected chi connectivity index (χ2v) is 5.61. The van der Waals surface area contributed by atoms with Gasteiger partial charge in [0.2, 0.25) is 5.90 Å². The van der Waals surface area contributed by atoms with Gasteiger partial charge < -0.3 is 4.74 Å². The first-order valence-electron chi connectivity index (χ1n) is 6.56. The van der Waals surface area contributed by atoms with E-state index in [1.54, 1.807) is 24.3 Å². The normalized spacial score (nSPS) is 15.4. The fraction of sp³-hybridized carbons (Fsp3) is 0. The van der Waals surface area contributed by atoms with Gasteiger partial charge in [-0.2, -0.15) is 0 Å². The van der Waals surface area contributed by atoms with E-state index in [4.69, 9.17) is 4.74 Å². The molecule has 0 bridgehead atoms. The summed E-state index contributed by atoms with van der Waals surface area (Å²) in [4.78, 5) is 26.3. The number of nitro benzene ring substituents is 1. The molecule has 0 N–H and O–H groups in total. The summed E-state index contributed by atoms with van der Waals surface area (Å²) in [5.41, 5.74) is 1.22. The molecule has 23 heavy (non-hydrogen) atoms. The first-order chi connectivity index (χ1) is 11.0. The Bertz CT molecular complexity index is 857. The topological polar surface area (TPSA) is 81.8 Å². The quantitative estimate of drug-likeness (QED) is 0.356. The third-order valence-corrected chi connectivity index (χ3v) is 3.62. The molecule has 0 atom stereocenters. The van der Waals surface area contributed by atoms with Crippen molar-refractivity contribution < 1.29 is 14.5 Å². The fourth-order valence-electron chi connectivity index (χ4n) is 2.01. The molecule has 0 spiro atoms. The van der Waals surface area contributed by atoms with Crippen LogP contribution in [-0.2, 0) is 9.53 Å². The van der Waals surface area contributed by atoms with E-state index >= 15 is 0 Å². The van der Waals surface area contributed by atoms with E-state index in [1.807, 2.05) is 12.1 Å². The van der Waals surface area contributed by atoms with Gasteiger partial charge in [0.15, 0.2) is 5.70 Å². The van der Waals surface area contributed by atoms with Gasteiger partial charge in [0.1, 0.15) is 0 Å². The molecule has 1 aliphatic rings. The van der Waals surface area contributed by atoms with Gasteiger partial charge in [-0.25, -0.2) is 9.79 Å². The number of non-ortho nitro benzene ring substituents is 1. The fourth-order valence-corrected chi connectivity index (χ4v) is 2.28. The van der Waals surface area contributed by atoms with Crippen LogP contribution in [0.25, 0.3) is 6.08 Å². The van der Waals surface area contributed by atoms with Crippen LogP contribution in [-0.4, -0.2) is 16.8 Å². The first-order valence-corrected chi connectivity index (χ1v) is 7.35. The Balaban J connectivity index is 1.93. The lowest BCUT2D eigenvalue weighted by molar-refractivity contribution is -0.384. The lowest BCUT2D eigenvalue weighted by Gasteiger charge is -1.98. The number of benzene rings is 2. The molecule has 0 unspecified atom stereocenters. The highest BCUT2D eigenvalue weighted by Gasteiger charge is 2.24.